The molecule has 5 aliphatic heterocycles. The first-order valence-corrected chi connectivity index (χ1v) is 17.9. The Bertz CT molecular complexity index is 2340. The zero-order chi connectivity index (χ0) is 35.0. The summed E-state index contributed by atoms with van der Waals surface area (Å²) in [5.41, 5.74) is 8.89. The van der Waals surface area contributed by atoms with Crippen LogP contribution in [-0.2, 0) is 4.57 Å². The van der Waals surface area contributed by atoms with Crippen LogP contribution in [0.15, 0.2) is 139 Å². The molecule has 0 aliphatic carbocycles. The minimum Gasteiger partial charge on any atom is -0.490 e. The topological polar surface area (TPSA) is 138 Å². The molecule has 0 spiro atoms. The van der Waals surface area contributed by atoms with Crippen LogP contribution in [0.1, 0.15) is 30.5 Å². The van der Waals surface area contributed by atoms with Crippen molar-refractivity contribution in [1.29, 1.82) is 0 Å². The average molecular weight is 700 g/mol. The molecule has 0 saturated carbocycles. The summed E-state index contributed by atoms with van der Waals surface area (Å²) in [5.74, 6) is 0.613. The second kappa shape index (κ2) is 13.5. The maximum absolute atomic E-state index is 12.8. The first kappa shape index (κ1) is 33.1. The number of allylic oxidation sites excluding steroid dienone is 12. The molecule has 0 radical (unpaired) electrons. The Morgan fingerprint density at radius 2 is 1.32 bits per heavy atom. The largest absolute Gasteiger partial charge is 0.490 e. The molecular weight excluding hydrogens is 669 g/mol. The highest BCUT2D eigenvalue weighted by Gasteiger charge is 2.31. The summed E-state index contributed by atoms with van der Waals surface area (Å²) in [6.45, 7) is 5.81. The van der Waals surface area contributed by atoms with Crippen molar-refractivity contribution in [2.45, 2.75) is 20.8 Å². The van der Waals surface area contributed by atoms with E-state index in [4.69, 9.17) is 41.7 Å². The number of benzene rings is 2. The van der Waals surface area contributed by atoms with Gasteiger partial charge >= 0.3 is 7.60 Å². The van der Waals surface area contributed by atoms with E-state index in [1.165, 1.54) is 6.07 Å². The zero-order valence-corrected chi connectivity index (χ0v) is 29.0. The van der Waals surface area contributed by atoms with E-state index in [9.17, 15) is 14.4 Å². The highest BCUT2D eigenvalue weighted by Crippen LogP contribution is 2.46. The third-order valence-electron chi connectivity index (χ3n) is 8.21. The van der Waals surface area contributed by atoms with Crippen molar-refractivity contribution in [3.63, 3.8) is 0 Å². The summed E-state index contributed by atoms with van der Waals surface area (Å²) in [7, 11) is -4.73. The maximum atomic E-state index is 12.8. The Morgan fingerprint density at radius 3 is 1.88 bits per heavy atom. The van der Waals surface area contributed by atoms with Crippen molar-refractivity contribution >= 4 is 70.0 Å². The van der Waals surface area contributed by atoms with E-state index in [1.807, 2.05) is 91.9 Å². The van der Waals surface area contributed by atoms with Gasteiger partial charge in [-0.2, -0.15) is 4.99 Å². The average Bonchev–Trinajstić information content (AvgIpc) is 3.91. The molecule has 0 atom stereocenters. The fourth-order valence-corrected chi connectivity index (χ4v) is 7.04. The predicted octanol–water partition coefficient (Wildman–Crippen LogP) is 7.28. The molecule has 10 nitrogen and oxygen atoms in total. The van der Waals surface area contributed by atoms with E-state index in [1.54, 1.807) is 13.8 Å². The van der Waals surface area contributed by atoms with Gasteiger partial charge in [-0.15, -0.1) is 0 Å². The quantitative estimate of drug-likeness (QED) is 0.169. The van der Waals surface area contributed by atoms with Gasteiger partial charge in [-0.3, -0.25) is 4.57 Å². The number of hydrogen-bond acceptors (Lipinski definition) is 9. The van der Waals surface area contributed by atoms with Crippen molar-refractivity contribution < 1.29 is 23.8 Å². The van der Waals surface area contributed by atoms with Crippen LogP contribution in [0.5, 0.6) is 11.5 Å². The summed E-state index contributed by atoms with van der Waals surface area (Å²) in [6.07, 6.45) is 18.9. The van der Waals surface area contributed by atoms with E-state index in [2.05, 4.69) is 10.2 Å². The van der Waals surface area contributed by atoms with E-state index in [-0.39, 0.29) is 24.3 Å². The van der Waals surface area contributed by atoms with E-state index < -0.39 is 7.60 Å². The van der Waals surface area contributed by atoms with Gasteiger partial charge in [0, 0.05) is 22.3 Å². The van der Waals surface area contributed by atoms with Gasteiger partial charge in [-0.25, -0.2) is 20.0 Å². The lowest BCUT2D eigenvalue weighted by atomic mass is 9.95. The van der Waals surface area contributed by atoms with Crippen LogP contribution >= 0.6 is 19.8 Å². The molecule has 5 aliphatic rings. The van der Waals surface area contributed by atoms with Gasteiger partial charge in [-0.1, -0.05) is 12.1 Å². The Kier molecular flexibility index (Phi) is 8.92. The summed E-state index contributed by atoms with van der Waals surface area (Å²) in [5, 5.41) is 2.24. The molecule has 0 fully saturated rings. The normalized spacial score (nSPS) is 17.4. The Labute approximate surface area is 294 Å². The second-order valence-electron chi connectivity index (χ2n) is 11.4. The molecule has 7 rings (SSSR count). The van der Waals surface area contributed by atoms with Crippen molar-refractivity contribution in [2.75, 3.05) is 13.2 Å². The van der Waals surface area contributed by atoms with Crippen LogP contribution < -0.4 is 14.8 Å². The van der Waals surface area contributed by atoms with Gasteiger partial charge in [0.1, 0.15) is 0 Å². The fraction of sp³-hybridized carbons (Fsp3) is 0.132. The fourth-order valence-electron chi connectivity index (χ4n) is 6.10. The summed E-state index contributed by atoms with van der Waals surface area (Å²) < 4.78 is 24.9. The lowest BCUT2D eigenvalue weighted by Crippen LogP contribution is -2.16. The monoisotopic (exact) mass is 699 g/mol. The number of nitrogens with zero attached hydrogens (tertiary/aromatic N) is 5. The van der Waals surface area contributed by atoms with Crippen LogP contribution in [0.4, 0.5) is 5.69 Å². The van der Waals surface area contributed by atoms with Gasteiger partial charge in [0.2, 0.25) is 0 Å². The molecule has 248 valence electrons. The van der Waals surface area contributed by atoms with Crippen molar-refractivity contribution in [1.82, 2.24) is 0 Å². The molecule has 2 aromatic carbocycles. The molecule has 0 unspecified atom stereocenters. The zero-order valence-electron chi connectivity index (χ0n) is 27.3. The maximum Gasteiger partial charge on any atom is 0.356 e. The lowest BCUT2D eigenvalue weighted by molar-refractivity contribution is 0.285. The number of thiocarbonyl (C=S) groups is 1. The summed E-state index contributed by atoms with van der Waals surface area (Å²) >= 11 is 4.77. The van der Waals surface area contributed by atoms with E-state index in [0.29, 0.717) is 62.4 Å². The van der Waals surface area contributed by atoms with Gasteiger partial charge in [0.15, 0.2) is 11.5 Å². The Hall–Kier alpha value is -5.41. The number of hydrogen-bond donors (Lipinski definition) is 2. The van der Waals surface area contributed by atoms with Crippen molar-refractivity contribution in [3.8, 4) is 11.5 Å². The van der Waals surface area contributed by atoms with Crippen molar-refractivity contribution in [3.05, 3.63) is 131 Å². The van der Waals surface area contributed by atoms with E-state index >= 15 is 0 Å². The molecular formula is C38H30N5O5PS. The van der Waals surface area contributed by atoms with Crippen LogP contribution in [-0.4, -0.2) is 51.0 Å². The molecule has 0 aromatic heterocycles. The molecule has 5 heterocycles. The first-order valence-electron chi connectivity index (χ1n) is 15.8. The molecule has 2 aromatic rings. The Morgan fingerprint density at radius 1 is 0.760 bits per heavy atom. The predicted molar refractivity (Wildman–Crippen MR) is 203 cm³/mol. The van der Waals surface area contributed by atoms with Crippen LogP contribution in [0.3, 0.4) is 0 Å². The number of isothiocyanates is 1. The standard InChI is InChI=1S/C38H30N5O5PS/c1-4-47-37-22(3)34(49(44,45)46)20-29(38(37)48-5-2)36-32-16-12-27(42-32)18-25-10-14-30(40-25)35(23-6-8-24(9-7-23)39-21-50)31-15-11-26(41-31)19-28-13-17-33(36)43-28/h6-20H,4-5H2,1-3H3,(H2,44,45,46). The highest BCUT2D eigenvalue weighted by atomic mass is 32.1. The minimum atomic E-state index is -4.73. The Balaban J connectivity index is 1.45. The molecule has 0 amide bonds. The second-order valence-corrected chi connectivity index (χ2v) is 13.2. The third-order valence-corrected chi connectivity index (χ3v) is 9.39. The van der Waals surface area contributed by atoms with E-state index in [0.717, 1.165) is 22.5 Å². The highest BCUT2D eigenvalue weighted by molar-refractivity contribution is 7.78. The van der Waals surface area contributed by atoms with Crippen LogP contribution in [0, 0.1) is 6.92 Å². The summed E-state index contributed by atoms with van der Waals surface area (Å²) in [4.78, 5) is 44.7. The SMILES string of the molecule is CCOc1c(C2=C3C=CC(=N3)C=C3C=CC(=N3)C(c3ccc(N=C=S)cc3)=C3C=CC(=N3)C=C3C=CC2=N3)cc(P(=O)(O)O)c(C)c1OCC. The molecule has 0 saturated heterocycles. The molecule has 8 bridgehead atoms. The molecule has 50 heavy (non-hydrogen) atoms. The lowest BCUT2D eigenvalue weighted by Gasteiger charge is -2.22. The van der Waals surface area contributed by atoms with Gasteiger partial charge < -0.3 is 19.3 Å². The van der Waals surface area contributed by atoms with Crippen LogP contribution in [0.2, 0.25) is 0 Å². The van der Waals surface area contributed by atoms with Crippen LogP contribution in [0.25, 0.3) is 11.1 Å². The third kappa shape index (κ3) is 6.36. The molecule has 12 heteroatoms. The number of rotatable bonds is 8. The minimum absolute atomic E-state index is 0.161. The summed E-state index contributed by atoms with van der Waals surface area (Å²) in [6, 6.07) is 9.13. The van der Waals surface area contributed by atoms with Gasteiger partial charge in [0.05, 0.1) is 75.0 Å². The number of fused-ring (bicyclic) bond motifs is 4. The first-order chi connectivity index (χ1) is 24.2. The van der Waals surface area contributed by atoms with Gasteiger partial charge in [0.25, 0.3) is 0 Å². The van der Waals surface area contributed by atoms with Crippen molar-refractivity contribution in [2.24, 2.45) is 25.0 Å². The smallest absolute Gasteiger partial charge is 0.356 e. The number of ether oxygens (including phenoxy) is 2. The number of aliphatic imine (C=N–C) groups is 5. The molecule has 2 N–H and O–H groups in total. The van der Waals surface area contributed by atoms with Gasteiger partial charge in [-0.05, 0) is 118 Å².